The minimum Gasteiger partial charge on any atom is -1.00 e. The summed E-state index contributed by atoms with van der Waals surface area (Å²) >= 11 is -2.81. The Morgan fingerprint density at radius 3 is 2.21 bits per heavy atom. The molecule has 0 aromatic heterocycles. The summed E-state index contributed by atoms with van der Waals surface area (Å²) in [5.41, 5.74) is 4.26. The van der Waals surface area contributed by atoms with Crippen LogP contribution in [0, 0.1) is 5.92 Å². The van der Waals surface area contributed by atoms with Crippen LogP contribution in [0.2, 0.25) is 10.5 Å². The van der Waals surface area contributed by atoms with E-state index in [-0.39, 0.29) is 41.7 Å². The summed E-state index contributed by atoms with van der Waals surface area (Å²) in [7, 11) is 0. The van der Waals surface area contributed by atoms with Crippen LogP contribution in [-0.4, -0.2) is 16.9 Å². The monoisotopic (exact) mass is 549 g/mol. The quantitative estimate of drug-likeness (QED) is 0.348. The van der Waals surface area contributed by atoms with Gasteiger partial charge in [0.15, 0.2) is 0 Å². The van der Waals surface area contributed by atoms with Gasteiger partial charge in [0.25, 0.3) is 0 Å². The predicted octanol–water partition coefficient (Wildman–Crippen LogP) is -0.443. The maximum Gasteiger partial charge on any atom is -0.0149 e. The number of carbonyl (C=O) groups is 1. The van der Waals surface area contributed by atoms with Crippen LogP contribution >= 0.6 is 0 Å². The van der Waals surface area contributed by atoms with Gasteiger partial charge in [-0.15, -0.1) is 0 Å². The SMILES string of the molecule is CC1=CC(C)c2c1c1ccccc1c1ccc[c]([Ti+2]([CH3])([CH3])[NH]C(=O)C3CCCCC3)c21.[Cl-].[Cl-].[SiH4]. The molecule has 34 heavy (non-hydrogen) atoms. The number of rotatable bonds is 3. The van der Waals surface area contributed by atoms with Gasteiger partial charge in [0.2, 0.25) is 0 Å². The Morgan fingerprint density at radius 1 is 0.912 bits per heavy atom. The van der Waals surface area contributed by atoms with Crippen LogP contribution in [0.3, 0.4) is 0 Å². The molecule has 0 heterocycles. The summed E-state index contributed by atoms with van der Waals surface area (Å²) < 4.78 is 5.05. The fraction of sp³-hybridized carbons (Fsp3) is 0.393. The molecule has 2 aliphatic rings. The summed E-state index contributed by atoms with van der Waals surface area (Å²) in [6.45, 7) is 4.57. The third kappa shape index (κ3) is 4.92. The standard InChI is InChI=1S/C19H15.C7H13NO.2CH3.2ClH.H4Si.Ti/c1-12-11-13(2)19-17-10-6-4-8-15(17)14-7-3-5-9-16(14)18(12)19;8-7(9)6-4-2-1-3-5-6;;;;;;/h3-9,11,13H,1-2H3;6H,1-5H2,(H2,8,9);2*1H3;2*1H;1H4;/q;;;;;;;+3/p-3. The number of benzene rings is 3. The molecule has 0 saturated heterocycles. The van der Waals surface area contributed by atoms with E-state index in [1.165, 1.54) is 61.4 Å². The maximum atomic E-state index is 13.2. The number of halogens is 2. The summed E-state index contributed by atoms with van der Waals surface area (Å²) in [6.07, 6.45) is 8.19. The van der Waals surface area contributed by atoms with Gasteiger partial charge in [-0.1, -0.05) is 0 Å². The second-order valence-corrected chi connectivity index (χ2v) is 16.5. The van der Waals surface area contributed by atoms with Crippen LogP contribution in [0.25, 0.3) is 27.1 Å². The molecule has 0 radical (unpaired) electrons. The van der Waals surface area contributed by atoms with E-state index in [4.69, 9.17) is 0 Å². The van der Waals surface area contributed by atoms with Gasteiger partial charge in [-0.05, 0) is 11.0 Å². The predicted molar refractivity (Wildman–Crippen MR) is 141 cm³/mol. The van der Waals surface area contributed by atoms with Crippen molar-refractivity contribution in [3.05, 3.63) is 59.7 Å². The van der Waals surface area contributed by atoms with Crippen molar-refractivity contribution in [3.63, 3.8) is 0 Å². The molecule has 5 rings (SSSR count). The molecule has 1 saturated carbocycles. The van der Waals surface area contributed by atoms with Gasteiger partial charge in [-0.25, -0.2) is 0 Å². The Hall–Kier alpha value is -1.10. The summed E-state index contributed by atoms with van der Waals surface area (Å²) in [5, 5.41) is 10.2. The molecule has 1 unspecified atom stereocenters. The van der Waals surface area contributed by atoms with Crippen LogP contribution in [-0.2, 0) is 21.6 Å². The van der Waals surface area contributed by atoms with Crippen molar-refractivity contribution in [2.45, 2.75) is 62.3 Å². The van der Waals surface area contributed by atoms with E-state index in [2.05, 4.69) is 76.6 Å². The molecule has 1 fully saturated rings. The number of carbonyl (C=O) groups excluding carboxylic acids is 1. The summed E-state index contributed by atoms with van der Waals surface area (Å²) in [4.78, 5) is 13.2. The first-order valence-electron chi connectivity index (χ1n) is 11.9. The number of hydrogen-bond acceptors (Lipinski definition) is 1. The molecule has 1 amide bonds. The van der Waals surface area contributed by atoms with Crippen LogP contribution in [0.4, 0.5) is 0 Å². The van der Waals surface area contributed by atoms with Crippen molar-refractivity contribution < 1.29 is 46.5 Å². The molecule has 2 nitrogen and oxygen atoms in total. The molecule has 6 heteroatoms. The summed E-state index contributed by atoms with van der Waals surface area (Å²) in [5.74, 6) is 0.917. The fourth-order valence-corrected chi connectivity index (χ4v) is 9.75. The van der Waals surface area contributed by atoms with Crippen molar-refractivity contribution in [2.75, 3.05) is 0 Å². The third-order valence-electron chi connectivity index (χ3n) is 7.52. The van der Waals surface area contributed by atoms with Crippen molar-refractivity contribution in [1.29, 1.82) is 0 Å². The Labute approximate surface area is 224 Å². The largest absolute Gasteiger partial charge is 1.00 e. The molecule has 0 bridgehead atoms. The molecule has 0 spiro atoms. The van der Waals surface area contributed by atoms with Crippen LogP contribution < -0.4 is 32.5 Å². The van der Waals surface area contributed by atoms with Gasteiger partial charge in [0.1, 0.15) is 0 Å². The van der Waals surface area contributed by atoms with Gasteiger partial charge >= 0.3 is 190 Å². The van der Waals surface area contributed by atoms with Crippen molar-refractivity contribution in [1.82, 2.24) is 3.80 Å². The number of allylic oxidation sites excluding steroid dienone is 2. The topological polar surface area (TPSA) is 29.1 Å². The minimum atomic E-state index is -2.81. The van der Waals surface area contributed by atoms with E-state index in [9.17, 15) is 4.79 Å². The zero-order chi connectivity index (χ0) is 21.8. The normalized spacial score (nSPS) is 17.3. The number of fused-ring (bicyclic) bond motifs is 6. The Morgan fingerprint density at radius 2 is 1.53 bits per heavy atom. The number of amides is 1. The molecule has 1 N–H and O–H groups in total. The zero-order valence-electron chi connectivity index (χ0n) is 20.0. The van der Waals surface area contributed by atoms with Gasteiger partial charge in [-0.3, -0.25) is 0 Å². The molecule has 1 atom stereocenters. The van der Waals surface area contributed by atoms with Crippen molar-refractivity contribution in [3.8, 4) is 0 Å². The van der Waals surface area contributed by atoms with Gasteiger partial charge in [0, 0.05) is 0 Å². The number of hydrogen-bond donors (Lipinski definition) is 1. The van der Waals surface area contributed by atoms with E-state index >= 15 is 0 Å². The van der Waals surface area contributed by atoms with E-state index in [0.717, 1.165) is 12.8 Å². The van der Waals surface area contributed by atoms with Crippen LogP contribution in [0.5, 0.6) is 0 Å². The molecule has 0 aliphatic heterocycles. The van der Waals surface area contributed by atoms with E-state index in [0.29, 0.717) is 11.8 Å². The van der Waals surface area contributed by atoms with Gasteiger partial charge in [-0.2, -0.15) is 0 Å². The smallest absolute Gasteiger partial charge is 0.0149 e. The van der Waals surface area contributed by atoms with Crippen LogP contribution in [0.15, 0.2) is 48.5 Å². The van der Waals surface area contributed by atoms with Crippen molar-refractivity contribution in [2.24, 2.45) is 5.92 Å². The Kier molecular flexibility index (Phi) is 9.69. The Balaban J connectivity index is 0.00000136. The second-order valence-electron chi connectivity index (χ2n) is 10.1. The Bertz CT molecular complexity index is 1230. The number of nitrogens with one attached hydrogen (secondary N) is 1. The molecule has 2 aliphatic carbocycles. The van der Waals surface area contributed by atoms with Gasteiger partial charge < -0.3 is 24.8 Å². The third-order valence-corrected chi connectivity index (χ3v) is 11.6. The minimum absolute atomic E-state index is 0. The van der Waals surface area contributed by atoms with E-state index in [1.807, 2.05) is 0 Å². The van der Waals surface area contributed by atoms with Crippen LogP contribution in [0.1, 0.15) is 63.0 Å². The average Bonchev–Trinajstić information content (AvgIpc) is 3.08. The molecule has 3 aromatic rings. The fourth-order valence-electron chi connectivity index (χ4n) is 6.06. The molecular weight excluding hydrogens is 513 g/mol. The first-order valence-corrected chi connectivity index (χ1v) is 16.6. The molecular formula is C28H37Cl2NOSiTi. The average molecular weight is 550 g/mol. The summed E-state index contributed by atoms with van der Waals surface area (Å²) in [6, 6.07) is 15.6. The molecule has 3 aromatic carbocycles. The van der Waals surface area contributed by atoms with E-state index < -0.39 is 16.8 Å². The van der Waals surface area contributed by atoms with Gasteiger partial charge in [0.05, 0.1) is 0 Å². The first kappa shape index (κ1) is 29.1. The molecule has 182 valence electrons. The second kappa shape index (κ2) is 11.3. The zero-order valence-corrected chi connectivity index (χ0v) is 23.0. The van der Waals surface area contributed by atoms with E-state index in [1.54, 1.807) is 0 Å². The van der Waals surface area contributed by atoms with Crippen molar-refractivity contribution >= 4 is 47.9 Å². The first-order chi connectivity index (χ1) is 14.9. The maximum absolute atomic E-state index is 13.2.